The van der Waals surface area contributed by atoms with Crippen LogP contribution >= 0.6 is 11.8 Å². The van der Waals surface area contributed by atoms with Crippen LogP contribution in [0.25, 0.3) is 0 Å². The van der Waals surface area contributed by atoms with Gasteiger partial charge in [0.05, 0.1) is 5.75 Å². The highest BCUT2D eigenvalue weighted by Crippen LogP contribution is 2.29. The number of nitrogens with one attached hydrogen (secondary N) is 1. The maximum Gasteiger partial charge on any atom is 0.230 e. The summed E-state index contributed by atoms with van der Waals surface area (Å²) in [5.41, 5.74) is 0. The zero-order valence-corrected chi connectivity index (χ0v) is 12.7. The van der Waals surface area contributed by atoms with Crippen molar-refractivity contribution >= 4 is 17.7 Å². The third kappa shape index (κ3) is 3.75. The lowest BCUT2D eigenvalue weighted by Crippen LogP contribution is -2.44. The second-order valence-electron chi connectivity index (χ2n) is 5.55. The first kappa shape index (κ1) is 14.4. The van der Waals surface area contributed by atoms with Gasteiger partial charge in [-0.1, -0.05) is 38.5 Å². The van der Waals surface area contributed by atoms with Gasteiger partial charge in [-0.05, 0) is 18.3 Å². The summed E-state index contributed by atoms with van der Waals surface area (Å²) in [5, 5.41) is 4.07. The maximum absolute atomic E-state index is 12.0. The molecule has 0 bridgehead atoms. The highest BCUT2D eigenvalue weighted by molar-refractivity contribution is 7.99. The van der Waals surface area contributed by atoms with Crippen LogP contribution in [0.2, 0.25) is 0 Å². The second-order valence-corrected chi connectivity index (χ2v) is 6.49. The van der Waals surface area contributed by atoms with E-state index in [-0.39, 0.29) is 5.91 Å². The smallest absolute Gasteiger partial charge is 0.230 e. The minimum absolute atomic E-state index is 0.124. The van der Waals surface area contributed by atoms with E-state index in [2.05, 4.69) is 24.1 Å². The normalized spacial score (nSPS) is 27.2. The fourth-order valence-electron chi connectivity index (χ4n) is 2.66. The van der Waals surface area contributed by atoms with Crippen molar-refractivity contribution in [1.82, 2.24) is 14.9 Å². The highest BCUT2D eigenvalue weighted by atomic mass is 32.2. The molecule has 0 saturated heterocycles. The summed E-state index contributed by atoms with van der Waals surface area (Å²) in [5.74, 6) is 1.86. The van der Waals surface area contributed by atoms with Gasteiger partial charge in [-0.2, -0.15) is 0 Å². The summed E-state index contributed by atoms with van der Waals surface area (Å²) in [4.78, 5) is 16.2. The molecule has 1 N–H and O–H groups in total. The molecule has 0 unspecified atom stereocenters. The Hall–Kier alpha value is -0.970. The van der Waals surface area contributed by atoms with Crippen LogP contribution in [-0.2, 0) is 11.8 Å². The SMILES string of the molecule is C[C@H]1[C@@H](NC(=O)CSc2nccn2C)CCC[C@@H]1C. The van der Waals surface area contributed by atoms with Crippen LogP contribution in [0.3, 0.4) is 0 Å². The zero-order chi connectivity index (χ0) is 13.8. The molecule has 1 aromatic rings. The number of thioether (sulfide) groups is 1. The van der Waals surface area contributed by atoms with Crippen molar-refractivity contribution in [1.29, 1.82) is 0 Å². The van der Waals surface area contributed by atoms with Crippen molar-refractivity contribution in [2.45, 2.75) is 44.3 Å². The van der Waals surface area contributed by atoms with Crippen LogP contribution in [0.4, 0.5) is 0 Å². The van der Waals surface area contributed by atoms with Gasteiger partial charge in [0.1, 0.15) is 0 Å². The van der Waals surface area contributed by atoms with E-state index in [1.165, 1.54) is 24.6 Å². The molecule has 1 aliphatic rings. The predicted molar refractivity (Wildman–Crippen MR) is 78.0 cm³/mol. The molecule has 1 aliphatic carbocycles. The van der Waals surface area contributed by atoms with Crippen LogP contribution in [0.5, 0.6) is 0 Å². The first-order chi connectivity index (χ1) is 9.08. The molecule has 0 aromatic carbocycles. The molecule has 19 heavy (non-hydrogen) atoms. The third-order valence-electron chi connectivity index (χ3n) is 4.16. The maximum atomic E-state index is 12.0. The average molecular weight is 281 g/mol. The van der Waals surface area contributed by atoms with Gasteiger partial charge in [-0.25, -0.2) is 4.98 Å². The van der Waals surface area contributed by atoms with Crippen LogP contribution in [-0.4, -0.2) is 27.3 Å². The molecule has 0 aliphatic heterocycles. The van der Waals surface area contributed by atoms with E-state index in [9.17, 15) is 4.79 Å². The van der Waals surface area contributed by atoms with Gasteiger partial charge in [0.25, 0.3) is 0 Å². The second kappa shape index (κ2) is 6.46. The summed E-state index contributed by atoms with van der Waals surface area (Å²) >= 11 is 1.49. The molecule has 106 valence electrons. The molecule has 1 amide bonds. The molecule has 3 atom stereocenters. The summed E-state index contributed by atoms with van der Waals surface area (Å²) < 4.78 is 1.93. The molecule has 0 spiro atoms. The van der Waals surface area contributed by atoms with E-state index in [1.807, 2.05) is 17.8 Å². The number of amides is 1. The standard InChI is InChI=1S/C14H23N3OS/c1-10-5-4-6-12(11(10)2)16-13(18)9-19-14-15-7-8-17(14)3/h7-8,10-12H,4-6,9H2,1-3H3,(H,16,18)/t10-,11+,12-/m0/s1. The Labute approximate surface area is 119 Å². The number of carbonyl (C=O) groups is 1. The highest BCUT2D eigenvalue weighted by Gasteiger charge is 2.28. The van der Waals surface area contributed by atoms with E-state index in [4.69, 9.17) is 0 Å². The topological polar surface area (TPSA) is 46.9 Å². The largest absolute Gasteiger partial charge is 0.352 e. The summed E-state index contributed by atoms with van der Waals surface area (Å²) in [6.07, 6.45) is 7.28. The molecule has 2 rings (SSSR count). The molecule has 5 heteroatoms. The Balaban J connectivity index is 1.79. The van der Waals surface area contributed by atoms with Gasteiger partial charge >= 0.3 is 0 Å². The molecule has 4 nitrogen and oxygen atoms in total. The van der Waals surface area contributed by atoms with E-state index in [0.717, 1.165) is 11.6 Å². The average Bonchev–Trinajstić information content (AvgIpc) is 2.78. The minimum atomic E-state index is 0.124. The van der Waals surface area contributed by atoms with Crippen molar-refractivity contribution in [3.05, 3.63) is 12.4 Å². The lowest BCUT2D eigenvalue weighted by molar-refractivity contribution is -0.120. The van der Waals surface area contributed by atoms with E-state index < -0.39 is 0 Å². The fourth-order valence-corrected chi connectivity index (χ4v) is 3.40. The lowest BCUT2D eigenvalue weighted by Gasteiger charge is -2.34. The molecular weight excluding hydrogens is 258 g/mol. The van der Waals surface area contributed by atoms with Gasteiger partial charge < -0.3 is 9.88 Å². The van der Waals surface area contributed by atoms with Crippen molar-refractivity contribution in [3.63, 3.8) is 0 Å². The number of carbonyl (C=O) groups excluding carboxylic acids is 1. The minimum Gasteiger partial charge on any atom is -0.352 e. The van der Waals surface area contributed by atoms with Gasteiger partial charge in [-0.15, -0.1) is 0 Å². The Bertz CT molecular complexity index is 432. The molecular formula is C14H23N3OS. The Morgan fingerprint density at radius 3 is 3.00 bits per heavy atom. The number of hydrogen-bond donors (Lipinski definition) is 1. The number of aromatic nitrogens is 2. The fraction of sp³-hybridized carbons (Fsp3) is 0.714. The van der Waals surface area contributed by atoms with Crippen LogP contribution < -0.4 is 5.32 Å². The number of hydrogen-bond acceptors (Lipinski definition) is 3. The molecule has 1 fully saturated rings. The van der Waals surface area contributed by atoms with E-state index in [1.54, 1.807) is 6.20 Å². The van der Waals surface area contributed by atoms with E-state index in [0.29, 0.717) is 23.6 Å². The van der Waals surface area contributed by atoms with Gasteiger partial charge in [-0.3, -0.25) is 4.79 Å². The number of imidazole rings is 1. The van der Waals surface area contributed by atoms with Crippen molar-refractivity contribution in [2.24, 2.45) is 18.9 Å². The Morgan fingerprint density at radius 1 is 1.53 bits per heavy atom. The third-order valence-corrected chi connectivity index (χ3v) is 5.22. The Morgan fingerprint density at radius 2 is 2.32 bits per heavy atom. The van der Waals surface area contributed by atoms with Crippen molar-refractivity contribution in [3.8, 4) is 0 Å². The Kier molecular flexibility index (Phi) is 4.91. The van der Waals surface area contributed by atoms with Gasteiger partial charge in [0, 0.05) is 25.5 Å². The van der Waals surface area contributed by atoms with Gasteiger partial charge in [0.15, 0.2) is 5.16 Å². The molecule has 1 aromatic heterocycles. The summed E-state index contributed by atoms with van der Waals surface area (Å²) in [6.45, 7) is 4.53. The number of nitrogens with zero attached hydrogens (tertiary/aromatic N) is 2. The number of rotatable bonds is 4. The predicted octanol–water partition coefficient (Wildman–Crippen LogP) is 2.45. The van der Waals surface area contributed by atoms with Crippen LogP contribution in [0.15, 0.2) is 17.6 Å². The number of aryl methyl sites for hydroxylation is 1. The first-order valence-electron chi connectivity index (χ1n) is 6.97. The lowest BCUT2D eigenvalue weighted by atomic mass is 9.78. The molecule has 0 radical (unpaired) electrons. The summed E-state index contributed by atoms with van der Waals surface area (Å²) in [6, 6.07) is 0.346. The zero-order valence-electron chi connectivity index (χ0n) is 11.9. The van der Waals surface area contributed by atoms with E-state index >= 15 is 0 Å². The monoisotopic (exact) mass is 281 g/mol. The van der Waals surface area contributed by atoms with Crippen molar-refractivity contribution < 1.29 is 4.79 Å². The van der Waals surface area contributed by atoms with Gasteiger partial charge in [0.2, 0.25) is 5.91 Å². The molecule has 1 saturated carbocycles. The van der Waals surface area contributed by atoms with Crippen molar-refractivity contribution in [2.75, 3.05) is 5.75 Å². The summed E-state index contributed by atoms with van der Waals surface area (Å²) in [7, 11) is 1.94. The first-order valence-corrected chi connectivity index (χ1v) is 7.96. The quantitative estimate of drug-likeness (QED) is 0.862. The van der Waals surface area contributed by atoms with Crippen LogP contribution in [0, 0.1) is 11.8 Å². The molecule has 1 heterocycles. The van der Waals surface area contributed by atoms with Crippen LogP contribution in [0.1, 0.15) is 33.1 Å².